The van der Waals surface area contributed by atoms with Gasteiger partial charge in [0.15, 0.2) is 0 Å². The number of anilines is 2. The molecular weight excluding hydrogens is 266 g/mol. The third-order valence-corrected chi connectivity index (χ3v) is 3.18. The summed E-state index contributed by atoms with van der Waals surface area (Å²) in [5.74, 6) is 0.567. The molecule has 0 aliphatic rings. The summed E-state index contributed by atoms with van der Waals surface area (Å²) >= 11 is 7.51. The molecule has 1 aromatic carbocycles. The van der Waals surface area contributed by atoms with Gasteiger partial charge in [0.1, 0.15) is 11.0 Å². The maximum atomic E-state index is 8.87. The van der Waals surface area contributed by atoms with Gasteiger partial charge >= 0.3 is 0 Å². The van der Waals surface area contributed by atoms with Crippen molar-refractivity contribution in [2.24, 2.45) is 0 Å². The molecule has 3 nitrogen and oxygen atoms in total. The van der Waals surface area contributed by atoms with E-state index in [0.29, 0.717) is 16.5 Å². The Morgan fingerprint density at radius 3 is 2.89 bits per heavy atom. The summed E-state index contributed by atoms with van der Waals surface area (Å²) in [6, 6.07) is 13.2. The van der Waals surface area contributed by atoms with Crippen molar-refractivity contribution >= 4 is 34.9 Å². The van der Waals surface area contributed by atoms with Gasteiger partial charge in [0.25, 0.3) is 0 Å². The molecule has 0 atom stereocenters. The highest BCUT2D eigenvalue weighted by atomic mass is 35.5. The molecule has 1 heterocycles. The summed E-state index contributed by atoms with van der Waals surface area (Å²) in [7, 11) is 0. The fourth-order valence-corrected chi connectivity index (χ4v) is 2.14. The summed E-state index contributed by atoms with van der Waals surface area (Å²) in [6.45, 7) is 0. The lowest BCUT2D eigenvalue weighted by Gasteiger charge is -2.07. The normalized spacial score (nSPS) is 9.83. The Bertz CT molecular complexity index is 607. The van der Waals surface area contributed by atoms with E-state index in [1.807, 2.05) is 36.6 Å². The molecule has 0 spiro atoms. The molecule has 0 fully saturated rings. The van der Waals surface area contributed by atoms with Crippen LogP contribution in [-0.4, -0.2) is 11.2 Å². The Morgan fingerprint density at radius 2 is 2.17 bits per heavy atom. The molecular formula is C13H10ClN3S. The quantitative estimate of drug-likeness (QED) is 0.677. The third kappa shape index (κ3) is 3.16. The van der Waals surface area contributed by atoms with Crippen LogP contribution in [0.4, 0.5) is 11.5 Å². The van der Waals surface area contributed by atoms with Crippen LogP contribution in [0.1, 0.15) is 5.56 Å². The third-order valence-electron chi connectivity index (χ3n) is 2.27. The minimum absolute atomic E-state index is 0.303. The van der Waals surface area contributed by atoms with E-state index in [-0.39, 0.29) is 0 Å². The van der Waals surface area contributed by atoms with Gasteiger partial charge in [-0.05, 0) is 36.6 Å². The molecule has 0 saturated carbocycles. The Morgan fingerprint density at radius 1 is 1.33 bits per heavy atom. The Balaban J connectivity index is 2.28. The van der Waals surface area contributed by atoms with Crippen LogP contribution >= 0.6 is 23.4 Å². The molecule has 0 saturated heterocycles. The van der Waals surface area contributed by atoms with Gasteiger partial charge in [-0.1, -0.05) is 17.7 Å². The first-order valence-corrected chi connectivity index (χ1v) is 6.80. The summed E-state index contributed by atoms with van der Waals surface area (Å²) in [4.78, 5) is 5.28. The van der Waals surface area contributed by atoms with E-state index in [4.69, 9.17) is 16.9 Å². The monoisotopic (exact) mass is 275 g/mol. The summed E-state index contributed by atoms with van der Waals surface area (Å²) in [5.41, 5.74) is 1.40. The highest BCUT2D eigenvalue weighted by molar-refractivity contribution is 7.98. The van der Waals surface area contributed by atoms with Crippen molar-refractivity contribution in [3.8, 4) is 6.07 Å². The SMILES string of the molecule is CSc1cccc(Nc2cc(C#N)cc(Cl)n2)c1. The van der Waals surface area contributed by atoms with Gasteiger partial charge in [-0.3, -0.25) is 0 Å². The molecule has 0 aliphatic carbocycles. The van der Waals surface area contributed by atoms with E-state index < -0.39 is 0 Å². The van der Waals surface area contributed by atoms with E-state index in [0.717, 1.165) is 10.6 Å². The van der Waals surface area contributed by atoms with Crippen LogP contribution in [0.2, 0.25) is 5.15 Å². The van der Waals surface area contributed by atoms with Gasteiger partial charge in [-0.15, -0.1) is 11.8 Å². The van der Waals surface area contributed by atoms with Crippen LogP contribution in [0.25, 0.3) is 0 Å². The zero-order valence-electron chi connectivity index (χ0n) is 9.64. The molecule has 1 N–H and O–H groups in total. The number of nitrogens with one attached hydrogen (secondary N) is 1. The Hall–Kier alpha value is -1.70. The van der Waals surface area contributed by atoms with E-state index in [2.05, 4.69) is 10.3 Å². The van der Waals surface area contributed by atoms with Crippen molar-refractivity contribution in [2.45, 2.75) is 4.90 Å². The van der Waals surface area contributed by atoms with Crippen LogP contribution in [0, 0.1) is 11.3 Å². The lowest BCUT2D eigenvalue weighted by atomic mass is 10.2. The van der Waals surface area contributed by atoms with E-state index >= 15 is 0 Å². The molecule has 18 heavy (non-hydrogen) atoms. The van der Waals surface area contributed by atoms with Crippen LogP contribution in [0.5, 0.6) is 0 Å². The predicted molar refractivity (Wildman–Crippen MR) is 75.5 cm³/mol. The fourth-order valence-electron chi connectivity index (χ4n) is 1.47. The molecule has 90 valence electrons. The number of thioether (sulfide) groups is 1. The number of aromatic nitrogens is 1. The zero-order chi connectivity index (χ0) is 13.0. The zero-order valence-corrected chi connectivity index (χ0v) is 11.2. The van der Waals surface area contributed by atoms with Crippen molar-refractivity contribution < 1.29 is 0 Å². The van der Waals surface area contributed by atoms with E-state index in [9.17, 15) is 0 Å². The number of hydrogen-bond acceptors (Lipinski definition) is 4. The molecule has 1 aromatic heterocycles. The highest BCUT2D eigenvalue weighted by Crippen LogP contribution is 2.23. The number of pyridine rings is 1. The predicted octanol–water partition coefficient (Wildman–Crippen LogP) is 4.07. The van der Waals surface area contributed by atoms with E-state index in [1.54, 1.807) is 17.8 Å². The first kappa shape index (κ1) is 12.7. The number of nitrogens with zero attached hydrogens (tertiary/aromatic N) is 2. The Kier molecular flexibility index (Phi) is 4.08. The van der Waals surface area contributed by atoms with Crippen molar-refractivity contribution in [1.82, 2.24) is 4.98 Å². The molecule has 0 radical (unpaired) electrons. The number of hydrogen-bond donors (Lipinski definition) is 1. The second-order valence-electron chi connectivity index (χ2n) is 3.53. The second-order valence-corrected chi connectivity index (χ2v) is 4.80. The first-order chi connectivity index (χ1) is 8.71. The number of benzene rings is 1. The molecule has 2 rings (SSSR count). The number of rotatable bonds is 3. The van der Waals surface area contributed by atoms with Crippen LogP contribution in [0.15, 0.2) is 41.3 Å². The standard InChI is InChI=1S/C13H10ClN3S/c1-18-11-4-2-3-10(7-11)16-13-6-9(8-15)5-12(14)17-13/h2-7H,1H3,(H,16,17). The molecule has 0 aliphatic heterocycles. The molecule has 2 aromatic rings. The minimum atomic E-state index is 0.303. The topological polar surface area (TPSA) is 48.7 Å². The van der Waals surface area contributed by atoms with Crippen molar-refractivity contribution in [3.05, 3.63) is 47.1 Å². The van der Waals surface area contributed by atoms with E-state index in [1.165, 1.54) is 6.07 Å². The van der Waals surface area contributed by atoms with Crippen LogP contribution in [0.3, 0.4) is 0 Å². The maximum Gasteiger partial charge on any atom is 0.133 e. The van der Waals surface area contributed by atoms with Crippen molar-refractivity contribution in [3.63, 3.8) is 0 Å². The summed E-state index contributed by atoms with van der Waals surface area (Å²) in [5, 5.41) is 12.3. The lowest BCUT2D eigenvalue weighted by molar-refractivity contribution is 1.29. The van der Waals surface area contributed by atoms with Crippen molar-refractivity contribution in [1.29, 1.82) is 5.26 Å². The summed E-state index contributed by atoms with van der Waals surface area (Å²) < 4.78 is 0. The van der Waals surface area contributed by atoms with Gasteiger partial charge in [0.05, 0.1) is 11.6 Å². The van der Waals surface area contributed by atoms with Crippen LogP contribution in [-0.2, 0) is 0 Å². The Labute approximate surface area is 115 Å². The number of nitriles is 1. The molecule has 0 unspecified atom stereocenters. The van der Waals surface area contributed by atoms with Crippen molar-refractivity contribution in [2.75, 3.05) is 11.6 Å². The fraction of sp³-hybridized carbons (Fsp3) is 0.0769. The molecule has 5 heteroatoms. The summed E-state index contributed by atoms with van der Waals surface area (Å²) in [6.07, 6.45) is 2.02. The van der Waals surface area contributed by atoms with Gasteiger partial charge in [-0.25, -0.2) is 4.98 Å². The lowest BCUT2D eigenvalue weighted by Crippen LogP contribution is -1.94. The van der Waals surface area contributed by atoms with Gasteiger partial charge < -0.3 is 5.32 Å². The molecule has 0 amide bonds. The van der Waals surface area contributed by atoms with Gasteiger partial charge in [0.2, 0.25) is 0 Å². The average molecular weight is 276 g/mol. The number of halogens is 1. The van der Waals surface area contributed by atoms with Crippen LogP contribution < -0.4 is 5.32 Å². The maximum absolute atomic E-state index is 8.87. The largest absolute Gasteiger partial charge is 0.340 e. The van der Waals surface area contributed by atoms with Gasteiger partial charge in [0, 0.05) is 10.6 Å². The second kappa shape index (κ2) is 5.76. The van der Waals surface area contributed by atoms with Gasteiger partial charge in [-0.2, -0.15) is 5.26 Å². The smallest absolute Gasteiger partial charge is 0.133 e. The molecule has 0 bridgehead atoms. The highest BCUT2D eigenvalue weighted by Gasteiger charge is 2.02. The average Bonchev–Trinajstić information content (AvgIpc) is 2.38. The first-order valence-electron chi connectivity index (χ1n) is 5.20. The minimum Gasteiger partial charge on any atom is -0.340 e.